The van der Waals surface area contributed by atoms with Gasteiger partial charge in [-0.3, -0.25) is 9.69 Å². The van der Waals surface area contributed by atoms with E-state index in [0.29, 0.717) is 24.5 Å². The second-order valence-electron chi connectivity index (χ2n) is 7.86. The van der Waals surface area contributed by atoms with Gasteiger partial charge in [0.2, 0.25) is 0 Å². The number of hydrogen-bond acceptors (Lipinski definition) is 5. The summed E-state index contributed by atoms with van der Waals surface area (Å²) >= 11 is 0. The third kappa shape index (κ3) is 2.83. The third-order valence-electron chi connectivity index (χ3n) is 6.07. The number of pyridine rings is 1. The van der Waals surface area contributed by atoms with E-state index in [0.717, 1.165) is 52.1 Å². The second-order valence-corrected chi connectivity index (χ2v) is 7.86. The first-order chi connectivity index (χ1) is 15.2. The number of aliphatic imine (C=N–C) groups is 1. The van der Waals surface area contributed by atoms with Gasteiger partial charge in [-0.1, -0.05) is 12.1 Å². The molecule has 5 heterocycles. The summed E-state index contributed by atoms with van der Waals surface area (Å²) in [5.41, 5.74) is 7.08. The lowest BCUT2D eigenvalue weighted by molar-refractivity contribution is 0.101. The minimum absolute atomic E-state index is 0.136. The molecule has 0 unspecified atom stereocenters. The predicted octanol–water partition coefficient (Wildman–Crippen LogP) is 2.31. The molecule has 0 saturated carbocycles. The number of imidazole rings is 1. The zero-order chi connectivity index (χ0) is 20.9. The molecular weight excluding hydrogens is 392 g/mol. The molecule has 0 atom stereocenters. The van der Waals surface area contributed by atoms with Crippen LogP contribution >= 0.6 is 0 Å². The second kappa shape index (κ2) is 6.97. The standard InChI is InChI=1S/C23H20N6O2/c30-10-9-28-8-6-18-19(13-28)27-22(26-18)15-5-4-14(17-11-24-23(31)21(15)17)16-12-25-29-7-2-1-3-20(16)29/h1-5,7,11-12,30H,6,8-10,13H2,(H,26,27). The minimum Gasteiger partial charge on any atom is -0.395 e. The number of fused-ring (bicyclic) bond motifs is 3. The van der Waals surface area contributed by atoms with E-state index < -0.39 is 0 Å². The van der Waals surface area contributed by atoms with Gasteiger partial charge in [-0.2, -0.15) is 5.10 Å². The lowest BCUT2D eigenvalue weighted by atomic mass is 9.93. The average molecular weight is 412 g/mol. The number of rotatable bonds is 4. The van der Waals surface area contributed by atoms with E-state index in [4.69, 9.17) is 4.98 Å². The van der Waals surface area contributed by atoms with Crippen LogP contribution in [-0.2, 0) is 13.0 Å². The number of carbonyl (C=O) groups excluding carboxylic acids is 1. The van der Waals surface area contributed by atoms with Crippen LogP contribution in [-0.4, -0.2) is 61.4 Å². The summed E-state index contributed by atoms with van der Waals surface area (Å²) in [4.78, 5) is 27.2. The Balaban J connectivity index is 1.46. The molecule has 6 rings (SSSR count). The van der Waals surface area contributed by atoms with Crippen molar-refractivity contribution < 1.29 is 9.90 Å². The smallest absolute Gasteiger partial charge is 0.278 e. The van der Waals surface area contributed by atoms with Crippen LogP contribution in [0.15, 0.2) is 47.7 Å². The molecule has 2 N–H and O–H groups in total. The molecule has 0 radical (unpaired) electrons. The maximum Gasteiger partial charge on any atom is 0.278 e. The number of benzene rings is 1. The van der Waals surface area contributed by atoms with E-state index in [1.165, 1.54) is 0 Å². The zero-order valence-corrected chi connectivity index (χ0v) is 16.7. The molecule has 0 spiro atoms. The Bertz CT molecular complexity index is 1370. The Hall–Kier alpha value is -3.62. The average Bonchev–Trinajstić information content (AvgIpc) is 3.50. The predicted molar refractivity (Wildman–Crippen MR) is 116 cm³/mol. The van der Waals surface area contributed by atoms with E-state index in [2.05, 4.69) is 20.0 Å². The SMILES string of the molecule is O=C1N=Cc2c(-c3cnn4ccccc34)ccc(-c3nc4c([nH]3)CCN(CCO)C4)c21. The van der Waals surface area contributed by atoms with Crippen LogP contribution in [0.4, 0.5) is 0 Å². The quantitative estimate of drug-likeness (QED) is 0.536. The van der Waals surface area contributed by atoms with E-state index in [1.807, 2.05) is 47.2 Å². The Morgan fingerprint density at radius 1 is 1.13 bits per heavy atom. The fourth-order valence-electron chi connectivity index (χ4n) is 4.55. The summed E-state index contributed by atoms with van der Waals surface area (Å²) in [5, 5.41) is 13.7. The third-order valence-corrected chi connectivity index (χ3v) is 6.07. The van der Waals surface area contributed by atoms with Crippen LogP contribution in [0.2, 0.25) is 0 Å². The fourth-order valence-corrected chi connectivity index (χ4v) is 4.55. The van der Waals surface area contributed by atoms with Crippen molar-refractivity contribution in [2.24, 2.45) is 4.99 Å². The maximum atomic E-state index is 12.7. The molecular formula is C23H20N6O2. The number of carbonyl (C=O) groups is 1. The highest BCUT2D eigenvalue weighted by Crippen LogP contribution is 2.36. The summed E-state index contributed by atoms with van der Waals surface area (Å²) in [6.07, 6.45) is 6.22. The summed E-state index contributed by atoms with van der Waals surface area (Å²) in [7, 11) is 0. The molecule has 154 valence electrons. The van der Waals surface area contributed by atoms with Crippen LogP contribution < -0.4 is 0 Å². The molecule has 0 saturated heterocycles. The van der Waals surface area contributed by atoms with Gasteiger partial charge in [0, 0.05) is 60.9 Å². The molecule has 0 fully saturated rings. The molecule has 1 aromatic carbocycles. The Morgan fingerprint density at radius 3 is 2.94 bits per heavy atom. The molecule has 1 amide bonds. The van der Waals surface area contributed by atoms with Crippen LogP contribution in [0.5, 0.6) is 0 Å². The van der Waals surface area contributed by atoms with Gasteiger partial charge in [-0.05, 0) is 23.8 Å². The molecule has 8 nitrogen and oxygen atoms in total. The number of aliphatic hydroxyl groups is 1. The summed E-state index contributed by atoms with van der Waals surface area (Å²) in [6.45, 7) is 2.34. The summed E-state index contributed by atoms with van der Waals surface area (Å²) in [5.74, 6) is 0.442. The number of nitrogens with zero attached hydrogens (tertiary/aromatic N) is 5. The molecule has 2 aliphatic rings. The minimum atomic E-state index is -0.250. The highest BCUT2D eigenvalue weighted by molar-refractivity contribution is 6.19. The van der Waals surface area contributed by atoms with Crippen molar-refractivity contribution in [3.63, 3.8) is 0 Å². The van der Waals surface area contributed by atoms with Crippen molar-refractivity contribution in [2.75, 3.05) is 19.7 Å². The van der Waals surface area contributed by atoms with Crippen molar-refractivity contribution in [3.8, 4) is 22.5 Å². The molecule has 2 aliphatic heterocycles. The van der Waals surface area contributed by atoms with E-state index in [1.54, 1.807) is 6.21 Å². The Kier molecular flexibility index (Phi) is 4.09. The molecule has 0 aliphatic carbocycles. The van der Waals surface area contributed by atoms with Gasteiger partial charge in [-0.25, -0.2) is 14.5 Å². The number of nitrogens with one attached hydrogen (secondary N) is 1. The van der Waals surface area contributed by atoms with Crippen molar-refractivity contribution in [1.82, 2.24) is 24.5 Å². The summed E-state index contributed by atoms with van der Waals surface area (Å²) < 4.78 is 1.82. The highest BCUT2D eigenvalue weighted by atomic mass is 16.3. The first kappa shape index (κ1) is 18.2. The first-order valence-corrected chi connectivity index (χ1v) is 10.3. The zero-order valence-electron chi connectivity index (χ0n) is 16.7. The number of β-amino-alcohol motifs (C(OH)–C–C–N with tert-alkyl or cyclic N) is 1. The van der Waals surface area contributed by atoms with Gasteiger partial charge >= 0.3 is 0 Å². The van der Waals surface area contributed by atoms with Gasteiger partial charge in [0.15, 0.2) is 0 Å². The van der Waals surface area contributed by atoms with Crippen LogP contribution in [0, 0.1) is 0 Å². The van der Waals surface area contributed by atoms with E-state index >= 15 is 0 Å². The maximum absolute atomic E-state index is 12.7. The lowest BCUT2D eigenvalue weighted by Gasteiger charge is -2.24. The Morgan fingerprint density at radius 2 is 2.03 bits per heavy atom. The number of aliphatic hydroxyl groups excluding tert-OH is 1. The number of H-pyrrole nitrogens is 1. The van der Waals surface area contributed by atoms with Crippen molar-refractivity contribution in [1.29, 1.82) is 0 Å². The number of hydrogen-bond donors (Lipinski definition) is 2. The lowest BCUT2D eigenvalue weighted by Crippen LogP contribution is -2.32. The molecule has 31 heavy (non-hydrogen) atoms. The largest absolute Gasteiger partial charge is 0.395 e. The molecule has 8 heteroatoms. The van der Waals surface area contributed by atoms with Gasteiger partial charge in [0.25, 0.3) is 5.91 Å². The Labute approximate surface area is 177 Å². The highest BCUT2D eigenvalue weighted by Gasteiger charge is 2.28. The first-order valence-electron chi connectivity index (χ1n) is 10.3. The van der Waals surface area contributed by atoms with Gasteiger partial charge in [0.1, 0.15) is 5.82 Å². The summed E-state index contributed by atoms with van der Waals surface area (Å²) in [6, 6.07) is 9.88. The van der Waals surface area contributed by atoms with Crippen molar-refractivity contribution >= 4 is 17.6 Å². The van der Waals surface area contributed by atoms with Gasteiger partial charge in [-0.15, -0.1) is 0 Å². The molecule has 3 aromatic heterocycles. The van der Waals surface area contributed by atoms with E-state index in [-0.39, 0.29) is 12.5 Å². The fraction of sp³-hybridized carbons (Fsp3) is 0.217. The van der Waals surface area contributed by atoms with Crippen molar-refractivity contribution in [2.45, 2.75) is 13.0 Å². The van der Waals surface area contributed by atoms with Crippen molar-refractivity contribution in [3.05, 3.63) is 65.2 Å². The number of amides is 1. The van der Waals surface area contributed by atoms with Crippen LogP contribution in [0.3, 0.4) is 0 Å². The van der Waals surface area contributed by atoms with E-state index in [9.17, 15) is 9.90 Å². The monoisotopic (exact) mass is 412 g/mol. The van der Waals surface area contributed by atoms with Crippen LogP contribution in [0.25, 0.3) is 28.0 Å². The van der Waals surface area contributed by atoms with Crippen LogP contribution in [0.1, 0.15) is 27.3 Å². The molecule has 0 bridgehead atoms. The normalized spacial score (nSPS) is 15.6. The van der Waals surface area contributed by atoms with Gasteiger partial charge in [0.05, 0.1) is 29.6 Å². The number of aromatic nitrogens is 4. The molecule has 4 aromatic rings. The number of aromatic amines is 1. The van der Waals surface area contributed by atoms with Gasteiger partial charge < -0.3 is 10.1 Å². The topological polar surface area (TPSA) is 98.9 Å².